The van der Waals surface area contributed by atoms with Crippen LogP contribution in [0.4, 0.5) is 5.69 Å². The van der Waals surface area contributed by atoms with Gasteiger partial charge in [-0.1, -0.05) is 29.8 Å². The number of ether oxygens (including phenoxy) is 2. The summed E-state index contributed by atoms with van der Waals surface area (Å²) >= 11 is 6.00. The molecule has 3 rings (SSSR count). The third kappa shape index (κ3) is 5.25. The van der Waals surface area contributed by atoms with Gasteiger partial charge in [0.2, 0.25) is 0 Å². The number of methoxy groups -OCH3 is 1. The highest BCUT2D eigenvalue weighted by Crippen LogP contribution is 2.25. The fourth-order valence-corrected chi connectivity index (χ4v) is 2.84. The van der Waals surface area contributed by atoms with Crippen LogP contribution in [0.25, 0.3) is 0 Å². The summed E-state index contributed by atoms with van der Waals surface area (Å²) in [5.74, 6) is 1.57. The molecule has 3 aromatic carbocycles. The average molecular weight is 381 g/mol. The predicted octanol–water partition coefficient (Wildman–Crippen LogP) is 5.68. The summed E-state index contributed by atoms with van der Waals surface area (Å²) in [7, 11) is 1.65. The van der Waals surface area contributed by atoms with Gasteiger partial charge in [-0.2, -0.15) is 5.10 Å². The van der Waals surface area contributed by atoms with Crippen LogP contribution >= 0.6 is 11.6 Å². The number of para-hydroxylation sites is 1. The molecule has 0 saturated carbocycles. The second kappa shape index (κ2) is 9.10. The van der Waals surface area contributed by atoms with Crippen molar-refractivity contribution in [3.8, 4) is 11.5 Å². The van der Waals surface area contributed by atoms with Crippen LogP contribution in [-0.2, 0) is 6.61 Å². The largest absolute Gasteiger partial charge is 0.496 e. The molecule has 4 nitrogen and oxygen atoms in total. The minimum Gasteiger partial charge on any atom is -0.496 e. The lowest BCUT2D eigenvalue weighted by molar-refractivity contribution is 0.295. The van der Waals surface area contributed by atoms with E-state index in [1.807, 2.05) is 73.7 Å². The molecule has 0 aliphatic carbocycles. The van der Waals surface area contributed by atoms with E-state index in [9.17, 15) is 0 Å². The Kier molecular flexibility index (Phi) is 6.34. The van der Waals surface area contributed by atoms with Gasteiger partial charge in [-0.15, -0.1) is 0 Å². The van der Waals surface area contributed by atoms with E-state index >= 15 is 0 Å². The fourth-order valence-electron chi connectivity index (χ4n) is 2.62. The normalized spacial score (nSPS) is 10.8. The molecular weight excluding hydrogens is 360 g/mol. The van der Waals surface area contributed by atoms with Crippen LogP contribution in [0.1, 0.15) is 16.7 Å². The lowest BCUT2D eigenvalue weighted by atomic mass is 10.1. The molecule has 0 bridgehead atoms. The first kappa shape index (κ1) is 18.8. The molecule has 0 fully saturated rings. The van der Waals surface area contributed by atoms with E-state index in [1.165, 1.54) is 0 Å². The first-order valence-corrected chi connectivity index (χ1v) is 8.93. The molecule has 0 saturated heterocycles. The highest BCUT2D eigenvalue weighted by Gasteiger charge is 2.07. The SMILES string of the molecule is COc1ccc(C=NNc2ccccc2)cc1COc1ccc(Cl)cc1C. The van der Waals surface area contributed by atoms with Crippen molar-refractivity contribution in [3.05, 3.63) is 88.4 Å². The van der Waals surface area contributed by atoms with Crippen molar-refractivity contribution in [1.29, 1.82) is 0 Å². The molecule has 0 unspecified atom stereocenters. The van der Waals surface area contributed by atoms with Crippen LogP contribution in [0.15, 0.2) is 71.8 Å². The van der Waals surface area contributed by atoms with E-state index < -0.39 is 0 Å². The van der Waals surface area contributed by atoms with E-state index in [4.69, 9.17) is 21.1 Å². The monoisotopic (exact) mass is 380 g/mol. The molecule has 3 aromatic rings. The van der Waals surface area contributed by atoms with Gasteiger partial charge >= 0.3 is 0 Å². The molecule has 5 heteroatoms. The second-order valence-corrected chi connectivity index (χ2v) is 6.44. The number of hydrazone groups is 1. The summed E-state index contributed by atoms with van der Waals surface area (Å²) in [6.45, 7) is 2.36. The van der Waals surface area contributed by atoms with Gasteiger partial charge in [0.05, 0.1) is 19.0 Å². The van der Waals surface area contributed by atoms with Crippen molar-refractivity contribution in [3.63, 3.8) is 0 Å². The van der Waals surface area contributed by atoms with Crippen molar-refractivity contribution in [2.75, 3.05) is 12.5 Å². The molecule has 138 valence electrons. The van der Waals surface area contributed by atoms with Crippen LogP contribution in [-0.4, -0.2) is 13.3 Å². The Labute approximate surface area is 164 Å². The number of nitrogens with one attached hydrogen (secondary N) is 1. The molecular formula is C22H21ClN2O2. The number of rotatable bonds is 7. The number of halogens is 1. The summed E-state index contributed by atoms with van der Waals surface area (Å²) < 4.78 is 11.4. The van der Waals surface area contributed by atoms with E-state index in [-0.39, 0.29) is 0 Å². The molecule has 0 spiro atoms. The summed E-state index contributed by atoms with van der Waals surface area (Å²) in [6.07, 6.45) is 1.77. The average Bonchev–Trinajstić information content (AvgIpc) is 2.68. The smallest absolute Gasteiger partial charge is 0.125 e. The number of nitrogens with zero attached hydrogens (tertiary/aromatic N) is 1. The standard InChI is InChI=1S/C22H21ClN2O2/c1-16-12-19(23)9-11-21(16)27-15-18-13-17(8-10-22(18)26-2)14-24-25-20-6-4-3-5-7-20/h3-14,25H,15H2,1-2H3. The molecule has 0 radical (unpaired) electrons. The molecule has 1 N–H and O–H groups in total. The number of aryl methyl sites for hydroxylation is 1. The van der Waals surface area contributed by atoms with Crippen LogP contribution in [0, 0.1) is 6.92 Å². The Morgan fingerprint density at radius 2 is 1.78 bits per heavy atom. The van der Waals surface area contributed by atoms with Crippen LogP contribution < -0.4 is 14.9 Å². The Bertz CT molecular complexity index is 927. The number of anilines is 1. The molecule has 27 heavy (non-hydrogen) atoms. The third-order valence-corrected chi connectivity index (χ3v) is 4.24. The van der Waals surface area contributed by atoms with E-state index in [0.717, 1.165) is 33.9 Å². The summed E-state index contributed by atoms with van der Waals surface area (Å²) in [5.41, 5.74) is 6.82. The van der Waals surface area contributed by atoms with Gasteiger partial charge in [-0.25, -0.2) is 0 Å². The van der Waals surface area contributed by atoms with Crippen molar-refractivity contribution in [2.24, 2.45) is 5.10 Å². The highest BCUT2D eigenvalue weighted by atomic mass is 35.5. The molecule has 0 atom stereocenters. The van der Waals surface area contributed by atoms with Gasteiger partial charge < -0.3 is 9.47 Å². The summed E-state index contributed by atoms with van der Waals surface area (Å²) in [6, 6.07) is 21.2. The first-order chi connectivity index (χ1) is 13.2. The van der Waals surface area contributed by atoms with Gasteiger partial charge in [0.15, 0.2) is 0 Å². The number of hydrogen-bond donors (Lipinski definition) is 1. The number of hydrogen-bond acceptors (Lipinski definition) is 4. The van der Waals surface area contributed by atoms with Crippen LogP contribution in [0.5, 0.6) is 11.5 Å². The van der Waals surface area contributed by atoms with Gasteiger partial charge in [0.1, 0.15) is 18.1 Å². The zero-order valence-electron chi connectivity index (χ0n) is 15.3. The fraction of sp³-hybridized carbons (Fsp3) is 0.136. The molecule has 0 amide bonds. The zero-order valence-corrected chi connectivity index (χ0v) is 16.0. The van der Waals surface area contributed by atoms with Gasteiger partial charge in [0.25, 0.3) is 0 Å². The van der Waals surface area contributed by atoms with Crippen LogP contribution in [0.3, 0.4) is 0 Å². The van der Waals surface area contributed by atoms with Crippen molar-refractivity contribution < 1.29 is 9.47 Å². The first-order valence-electron chi connectivity index (χ1n) is 8.55. The minimum atomic E-state index is 0.388. The van der Waals surface area contributed by atoms with E-state index in [2.05, 4.69) is 10.5 Å². The summed E-state index contributed by atoms with van der Waals surface area (Å²) in [5, 5.41) is 4.98. The van der Waals surface area contributed by atoms with Crippen molar-refractivity contribution in [1.82, 2.24) is 0 Å². The van der Waals surface area contributed by atoms with Crippen molar-refractivity contribution in [2.45, 2.75) is 13.5 Å². The van der Waals surface area contributed by atoms with Gasteiger partial charge in [-0.3, -0.25) is 5.43 Å². The number of benzene rings is 3. The quantitative estimate of drug-likeness (QED) is 0.423. The Balaban J connectivity index is 1.71. The maximum Gasteiger partial charge on any atom is 0.125 e. The van der Waals surface area contributed by atoms with Gasteiger partial charge in [0, 0.05) is 10.6 Å². The minimum absolute atomic E-state index is 0.388. The van der Waals surface area contributed by atoms with Crippen LogP contribution in [0.2, 0.25) is 5.02 Å². The van der Waals surface area contributed by atoms with Crippen molar-refractivity contribution >= 4 is 23.5 Å². The maximum atomic E-state index is 6.00. The Morgan fingerprint density at radius 3 is 2.52 bits per heavy atom. The molecule has 0 aliphatic heterocycles. The Morgan fingerprint density at radius 1 is 1.00 bits per heavy atom. The second-order valence-electron chi connectivity index (χ2n) is 6.01. The molecule has 0 aromatic heterocycles. The zero-order chi connectivity index (χ0) is 19.1. The molecule has 0 aliphatic rings. The predicted molar refractivity (Wildman–Crippen MR) is 111 cm³/mol. The lowest BCUT2D eigenvalue weighted by Gasteiger charge is -2.13. The maximum absolute atomic E-state index is 6.00. The molecule has 0 heterocycles. The Hall–Kier alpha value is -2.98. The van der Waals surface area contributed by atoms with Gasteiger partial charge in [-0.05, 0) is 66.6 Å². The summed E-state index contributed by atoms with van der Waals surface area (Å²) in [4.78, 5) is 0. The van der Waals surface area contributed by atoms with E-state index in [1.54, 1.807) is 13.3 Å². The van der Waals surface area contributed by atoms with E-state index in [0.29, 0.717) is 11.6 Å². The highest BCUT2D eigenvalue weighted by molar-refractivity contribution is 6.30. The topological polar surface area (TPSA) is 42.8 Å². The lowest BCUT2D eigenvalue weighted by Crippen LogP contribution is -2.01. The third-order valence-electron chi connectivity index (χ3n) is 4.01.